The number of fused-ring (bicyclic) bond motifs is 1. The highest BCUT2D eigenvalue weighted by atomic mass is 16.5. The van der Waals surface area contributed by atoms with E-state index in [4.69, 9.17) is 4.74 Å². The summed E-state index contributed by atoms with van der Waals surface area (Å²) in [5.41, 5.74) is 1.17. The predicted octanol–water partition coefficient (Wildman–Crippen LogP) is 2.45. The van der Waals surface area contributed by atoms with Crippen molar-refractivity contribution in [3.05, 3.63) is 61.1 Å². The van der Waals surface area contributed by atoms with Gasteiger partial charge in [-0.25, -0.2) is 9.97 Å². The largest absolute Gasteiger partial charge is 0.487 e. The third kappa shape index (κ3) is 4.26. The van der Waals surface area contributed by atoms with Gasteiger partial charge in [0.15, 0.2) is 0 Å². The van der Waals surface area contributed by atoms with Crippen molar-refractivity contribution in [3.63, 3.8) is 0 Å². The molecule has 2 aromatic heterocycles. The summed E-state index contributed by atoms with van der Waals surface area (Å²) < 4.78 is 5.92. The van der Waals surface area contributed by atoms with Crippen LogP contribution in [0.2, 0.25) is 0 Å². The molecule has 0 spiro atoms. The number of likely N-dealkylation sites (tertiary alicyclic amines) is 2. The number of ether oxygens (including phenoxy) is 1. The number of hydrogen-bond donors (Lipinski definition) is 2. The number of aromatic amines is 1. The van der Waals surface area contributed by atoms with E-state index in [1.807, 2.05) is 30.3 Å². The van der Waals surface area contributed by atoms with Crippen LogP contribution >= 0.6 is 0 Å². The Balaban J connectivity index is 1.26. The molecule has 0 saturated carbocycles. The number of H-pyrrole nitrogens is 1. The number of hydrogen-bond acceptors (Lipinski definition) is 6. The Kier molecular flexibility index (Phi) is 5.68. The van der Waals surface area contributed by atoms with Crippen molar-refractivity contribution in [2.75, 3.05) is 31.5 Å². The van der Waals surface area contributed by atoms with Crippen LogP contribution in [0.25, 0.3) is 11.0 Å². The minimum absolute atomic E-state index is 0.0149. The molecule has 0 unspecified atom stereocenters. The number of piperidine rings is 1. The van der Waals surface area contributed by atoms with Crippen molar-refractivity contribution in [1.82, 2.24) is 24.8 Å². The van der Waals surface area contributed by atoms with Crippen LogP contribution in [-0.2, 0) is 4.79 Å². The summed E-state index contributed by atoms with van der Waals surface area (Å²) in [6.07, 6.45) is 6.11. The van der Waals surface area contributed by atoms with E-state index >= 15 is 0 Å². The molecule has 5 rings (SSSR count). The number of aromatic nitrogens is 3. The minimum Gasteiger partial charge on any atom is -0.487 e. The monoisotopic (exact) mass is 446 g/mol. The highest BCUT2D eigenvalue weighted by Crippen LogP contribution is 2.28. The van der Waals surface area contributed by atoms with E-state index in [9.17, 15) is 9.59 Å². The van der Waals surface area contributed by atoms with E-state index in [1.54, 1.807) is 16.0 Å². The Morgan fingerprint density at radius 2 is 1.88 bits per heavy atom. The van der Waals surface area contributed by atoms with Crippen molar-refractivity contribution >= 4 is 28.7 Å². The Labute approximate surface area is 191 Å². The van der Waals surface area contributed by atoms with Crippen LogP contribution in [0.1, 0.15) is 23.2 Å². The molecule has 0 bridgehead atoms. The fourth-order valence-electron chi connectivity index (χ4n) is 4.35. The van der Waals surface area contributed by atoms with Crippen LogP contribution in [0.3, 0.4) is 0 Å². The van der Waals surface area contributed by atoms with Gasteiger partial charge in [0.25, 0.3) is 5.91 Å². The van der Waals surface area contributed by atoms with Gasteiger partial charge in [0, 0.05) is 25.3 Å². The van der Waals surface area contributed by atoms with Gasteiger partial charge in [-0.2, -0.15) is 0 Å². The maximum atomic E-state index is 13.2. The number of amides is 2. The normalized spacial score (nSPS) is 17.0. The maximum absolute atomic E-state index is 13.2. The number of carbonyl (C=O) groups is 2. The van der Waals surface area contributed by atoms with Crippen molar-refractivity contribution in [2.45, 2.75) is 25.0 Å². The molecule has 170 valence electrons. The topological polar surface area (TPSA) is 103 Å². The first-order valence-corrected chi connectivity index (χ1v) is 11.1. The number of anilines is 1. The van der Waals surface area contributed by atoms with E-state index in [-0.39, 0.29) is 24.0 Å². The van der Waals surface area contributed by atoms with Crippen LogP contribution < -0.4 is 10.1 Å². The van der Waals surface area contributed by atoms with Crippen molar-refractivity contribution in [2.24, 2.45) is 0 Å². The number of nitrogens with zero attached hydrogens (tertiary/aromatic N) is 4. The second-order valence-electron chi connectivity index (χ2n) is 8.36. The summed E-state index contributed by atoms with van der Waals surface area (Å²) in [6.45, 7) is 5.94. The van der Waals surface area contributed by atoms with Crippen LogP contribution in [0.4, 0.5) is 5.82 Å². The number of benzene rings is 1. The lowest BCUT2D eigenvalue weighted by Crippen LogP contribution is -2.56. The zero-order valence-corrected chi connectivity index (χ0v) is 18.2. The third-order valence-electron chi connectivity index (χ3n) is 6.20. The van der Waals surface area contributed by atoms with Crippen LogP contribution in [0, 0.1) is 0 Å². The molecule has 2 amide bonds. The van der Waals surface area contributed by atoms with E-state index in [0.29, 0.717) is 48.6 Å². The molecule has 1 aromatic carbocycles. The second kappa shape index (κ2) is 8.93. The third-order valence-corrected chi connectivity index (χ3v) is 6.20. The van der Waals surface area contributed by atoms with Crippen LogP contribution in [0.5, 0.6) is 5.75 Å². The first-order valence-electron chi connectivity index (χ1n) is 11.1. The van der Waals surface area contributed by atoms with E-state index < -0.39 is 0 Å². The maximum Gasteiger partial charge on any atom is 0.256 e. The zero-order valence-electron chi connectivity index (χ0n) is 18.2. The van der Waals surface area contributed by atoms with Gasteiger partial charge in [-0.05, 0) is 31.1 Å². The lowest BCUT2D eigenvalue weighted by molar-refractivity contribution is -0.126. The van der Waals surface area contributed by atoms with Gasteiger partial charge in [0.2, 0.25) is 5.91 Å². The van der Waals surface area contributed by atoms with E-state index in [2.05, 4.69) is 26.8 Å². The lowest BCUT2D eigenvalue weighted by atomic mass is 10.0. The number of para-hydroxylation sites is 1. The molecule has 0 aliphatic carbocycles. The number of rotatable bonds is 6. The molecular weight excluding hydrogens is 420 g/mol. The van der Waals surface area contributed by atoms with Gasteiger partial charge in [-0.1, -0.05) is 24.8 Å². The molecule has 2 saturated heterocycles. The highest BCUT2D eigenvalue weighted by Gasteiger charge is 2.34. The molecule has 3 aromatic rings. The van der Waals surface area contributed by atoms with Gasteiger partial charge in [-0.15, -0.1) is 0 Å². The van der Waals surface area contributed by atoms with E-state index in [0.717, 1.165) is 18.6 Å². The molecule has 2 aliphatic heterocycles. The summed E-state index contributed by atoms with van der Waals surface area (Å²) >= 11 is 0. The molecule has 2 N–H and O–H groups in total. The Morgan fingerprint density at radius 3 is 2.61 bits per heavy atom. The van der Waals surface area contributed by atoms with Crippen LogP contribution in [0.15, 0.2) is 55.5 Å². The zero-order chi connectivity index (χ0) is 22.8. The standard InChI is InChI=1S/C24H26N6O3/c1-2-20(31)29-10-8-16(9-11-29)28-23-21-19(12-25-22(21)26-15-27-23)24(32)30-13-18(14-30)33-17-6-4-3-5-7-17/h2-7,12,15-16,18H,1,8-11,13-14H2,(H2,25,26,27,28). The molecule has 2 fully saturated rings. The van der Waals surface area contributed by atoms with E-state index in [1.165, 1.54) is 12.4 Å². The number of nitrogens with one attached hydrogen (secondary N) is 2. The minimum atomic E-state index is -0.0709. The molecule has 2 aliphatic rings. The highest BCUT2D eigenvalue weighted by molar-refractivity contribution is 6.09. The van der Waals surface area contributed by atoms with Gasteiger partial charge >= 0.3 is 0 Å². The van der Waals surface area contributed by atoms with Crippen LogP contribution in [-0.4, -0.2) is 74.9 Å². The van der Waals surface area contributed by atoms with Gasteiger partial charge in [-0.3, -0.25) is 9.59 Å². The van der Waals surface area contributed by atoms with Gasteiger partial charge in [0.05, 0.1) is 24.0 Å². The molecule has 9 nitrogen and oxygen atoms in total. The average Bonchev–Trinajstić information content (AvgIpc) is 3.27. The van der Waals surface area contributed by atoms with Crippen molar-refractivity contribution < 1.29 is 14.3 Å². The summed E-state index contributed by atoms with van der Waals surface area (Å²) in [4.78, 5) is 40.4. The SMILES string of the molecule is C=CC(=O)N1CCC(Nc2ncnc3[nH]cc(C(=O)N4CC(Oc5ccccc5)C4)c23)CC1. The average molecular weight is 447 g/mol. The molecule has 4 heterocycles. The van der Waals surface area contributed by atoms with Crippen molar-refractivity contribution in [1.29, 1.82) is 0 Å². The van der Waals surface area contributed by atoms with Gasteiger partial charge in [0.1, 0.15) is 29.6 Å². The first kappa shape index (κ1) is 21.0. The Bertz CT molecular complexity index is 1160. The molecular formula is C24H26N6O3. The molecule has 33 heavy (non-hydrogen) atoms. The first-order chi connectivity index (χ1) is 16.1. The Hall–Kier alpha value is -3.88. The summed E-state index contributed by atoms with van der Waals surface area (Å²) in [7, 11) is 0. The lowest BCUT2D eigenvalue weighted by Gasteiger charge is -2.39. The fourth-order valence-corrected chi connectivity index (χ4v) is 4.35. The van der Waals surface area contributed by atoms with Crippen molar-refractivity contribution in [3.8, 4) is 5.75 Å². The summed E-state index contributed by atoms with van der Waals surface area (Å²) in [5, 5.41) is 4.16. The number of carbonyl (C=O) groups excluding carboxylic acids is 2. The fraction of sp³-hybridized carbons (Fsp3) is 0.333. The van der Waals surface area contributed by atoms with Gasteiger partial charge < -0.3 is 24.8 Å². The summed E-state index contributed by atoms with van der Waals surface area (Å²) in [6, 6.07) is 9.78. The molecule has 9 heteroatoms. The smallest absolute Gasteiger partial charge is 0.256 e. The Morgan fingerprint density at radius 1 is 1.12 bits per heavy atom. The quantitative estimate of drug-likeness (QED) is 0.564. The summed E-state index contributed by atoms with van der Waals surface area (Å²) in [5.74, 6) is 1.33. The second-order valence-corrected chi connectivity index (χ2v) is 8.36. The molecule has 0 atom stereocenters. The molecule has 0 radical (unpaired) electrons. The predicted molar refractivity (Wildman–Crippen MR) is 124 cm³/mol.